The first kappa shape index (κ1) is 14.2. The first-order valence-electron chi connectivity index (χ1n) is 6.71. The number of nitrogens with one attached hydrogen (secondary N) is 2. The van der Waals surface area contributed by atoms with Crippen molar-refractivity contribution in [3.8, 4) is 0 Å². The maximum Gasteiger partial charge on any atom is 0.224 e. The molecular formula is C15H19FN4. The third-order valence-electron chi connectivity index (χ3n) is 3.03. The van der Waals surface area contributed by atoms with Crippen molar-refractivity contribution >= 4 is 17.5 Å². The second kappa shape index (κ2) is 6.32. The van der Waals surface area contributed by atoms with Gasteiger partial charge in [-0.05, 0) is 32.4 Å². The lowest BCUT2D eigenvalue weighted by molar-refractivity contribution is 0.619. The summed E-state index contributed by atoms with van der Waals surface area (Å²) in [4.78, 5) is 8.64. The molecule has 2 rings (SSSR count). The molecule has 1 aromatic heterocycles. The largest absolute Gasteiger partial charge is 0.354 e. The smallest absolute Gasteiger partial charge is 0.224 e. The van der Waals surface area contributed by atoms with Gasteiger partial charge in [-0.25, -0.2) is 9.37 Å². The van der Waals surface area contributed by atoms with E-state index in [0.29, 0.717) is 23.0 Å². The number of hydrogen-bond acceptors (Lipinski definition) is 4. The maximum absolute atomic E-state index is 13.5. The molecule has 0 amide bonds. The number of anilines is 3. The fourth-order valence-corrected chi connectivity index (χ4v) is 1.76. The predicted molar refractivity (Wildman–Crippen MR) is 80.0 cm³/mol. The number of aryl methyl sites for hydroxylation is 1. The predicted octanol–water partition coefficient (Wildman–Crippen LogP) is 3.80. The van der Waals surface area contributed by atoms with E-state index in [0.717, 1.165) is 18.5 Å². The molecule has 2 aromatic rings. The van der Waals surface area contributed by atoms with Gasteiger partial charge in [0, 0.05) is 29.6 Å². The van der Waals surface area contributed by atoms with Crippen molar-refractivity contribution in [2.24, 2.45) is 0 Å². The van der Waals surface area contributed by atoms with Crippen molar-refractivity contribution in [3.05, 3.63) is 41.3 Å². The first-order chi connectivity index (χ1) is 9.61. The standard InChI is InChI=1S/C15H19FN4/c1-4-8-17-15-18-9-10(2)14(20-15)19-13-7-5-6-12(16)11(13)3/h5-7,9H,4,8H2,1-3H3,(H2,17,18,19,20). The number of aromatic nitrogens is 2. The van der Waals surface area contributed by atoms with Crippen molar-refractivity contribution in [3.63, 3.8) is 0 Å². The molecule has 20 heavy (non-hydrogen) atoms. The lowest BCUT2D eigenvalue weighted by atomic mass is 10.2. The van der Waals surface area contributed by atoms with E-state index in [1.54, 1.807) is 19.2 Å². The Kier molecular flexibility index (Phi) is 4.50. The molecule has 0 saturated carbocycles. The summed E-state index contributed by atoms with van der Waals surface area (Å²) in [5.41, 5.74) is 2.21. The van der Waals surface area contributed by atoms with Gasteiger partial charge in [0.1, 0.15) is 11.6 Å². The van der Waals surface area contributed by atoms with Crippen LogP contribution in [0.3, 0.4) is 0 Å². The van der Waals surface area contributed by atoms with Gasteiger partial charge in [-0.15, -0.1) is 0 Å². The molecule has 0 bridgehead atoms. The summed E-state index contributed by atoms with van der Waals surface area (Å²) < 4.78 is 13.5. The molecule has 2 N–H and O–H groups in total. The SMILES string of the molecule is CCCNc1ncc(C)c(Nc2cccc(F)c2C)n1. The van der Waals surface area contributed by atoms with Crippen LogP contribution in [-0.2, 0) is 0 Å². The molecule has 0 aliphatic rings. The fraction of sp³-hybridized carbons (Fsp3) is 0.333. The summed E-state index contributed by atoms with van der Waals surface area (Å²) in [6.45, 7) is 6.56. The second-order valence-electron chi connectivity index (χ2n) is 4.69. The quantitative estimate of drug-likeness (QED) is 0.870. The highest BCUT2D eigenvalue weighted by molar-refractivity contribution is 5.63. The van der Waals surface area contributed by atoms with E-state index in [2.05, 4.69) is 27.5 Å². The highest BCUT2D eigenvalue weighted by Crippen LogP contribution is 2.23. The zero-order chi connectivity index (χ0) is 14.5. The Balaban J connectivity index is 2.26. The van der Waals surface area contributed by atoms with Gasteiger partial charge in [0.2, 0.25) is 5.95 Å². The monoisotopic (exact) mass is 274 g/mol. The van der Waals surface area contributed by atoms with Crippen molar-refractivity contribution in [2.45, 2.75) is 27.2 Å². The summed E-state index contributed by atoms with van der Waals surface area (Å²) in [5, 5.41) is 6.30. The van der Waals surface area contributed by atoms with E-state index in [4.69, 9.17) is 0 Å². The van der Waals surface area contributed by atoms with Gasteiger partial charge < -0.3 is 10.6 Å². The van der Waals surface area contributed by atoms with E-state index in [1.807, 2.05) is 13.0 Å². The molecule has 1 heterocycles. The Hall–Kier alpha value is -2.17. The molecule has 1 aromatic carbocycles. The number of rotatable bonds is 5. The Morgan fingerprint density at radius 2 is 2.05 bits per heavy atom. The Morgan fingerprint density at radius 3 is 2.80 bits per heavy atom. The van der Waals surface area contributed by atoms with Crippen LogP contribution in [0.25, 0.3) is 0 Å². The molecule has 5 heteroatoms. The van der Waals surface area contributed by atoms with Gasteiger partial charge in [-0.1, -0.05) is 13.0 Å². The van der Waals surface area contributed by atoms with Gasteiger partial charge in [0.05, 0.1) is 0 Å². The topological polar surface area (TPSA) is 49.8 Å². The van der Waals surface area contributed by atoms with E-state index in [9.17, 15) is 4.39 Å². The third-order valence-corrected chi connectivity index (χ3v) is 3.03. The summed E-state index contributed by atoms with van der Waals surface area (Å²) in [6.07, 6.45) is 2.75. The lowest BCUT2D eigenvalue weighted by Gasteiger charge is -2.12. The average molecular weight is 274 g/mol. The Labute approximate surface area is 118 Å². The number of halogens is 1. The van der Waals surface area contributed by atoms with Gasteiger partial charge in [-0.3, -0.25) is 0 Å². The third kappa shape index (κ3) is 3.23. The van der Waals surface area contributed by atoms with Crippen LogP contribution in [0.4, 0.5) is 21.8 Å². The van der Waals surface area contributed by atoms with Gasteiger partial charge in [0.15, 0.2) is 0 Å². The van der Waals surface area contributed by atoms with Crippen LogP contribution >= 0.6 is 0 Å². The van der Waals surface area contributed by atoms with Crippen LogP contribution in [0.1, 0.15) is 24.5 Å². The highest BCUT2D eigenvalue weighted by atomic mass is 19.1. The second-order valence-corrected chi connectivity index (χ2v) is 4.69. The summed E-state index contributed by atoms with van der Waals surface area (Å²) in [7, 11) is 0. The number of benzene rings is 1. The zero-order valence-electron chi connectivity index (χ0n) is 12.0. The fourth-order valence-electron chi connectivity index (χ4n) is 1.76. The Morgan fingerprint density at radius 1 is 1.25 bits per heavy atom. The molecule has 0 spiro atoms. The molecular weight excluding hydrogens is 255 g/mol. The first-order valence-corrected chi connectivity index (χ1v) is 6.71. The summed E-state index contributed by atoms with van der Waals surface area (Å²) in [6, 6.07) is 4.96. The maximum atomic E-state index is 13.5. The van der Waals surface area contributed by atoms with Crippen molar-refractivity contribution < 1.29 is 4.39 Å². The van der Waals surface area contributed by atoms with Gasteiger partial charge in [-0.2, -0.15) is 4.98 Å². The van der Waals surface area contributed by atoms with Crippen LogP contribution in [0, 0.1) is 19.7 Å². The minimum Gasteiger partial charge on any atom is -0.354 e. The lowest BCUT2D eigenvalue weighted by Crippen LogP contribution is -2.07. The molecule has 0 atom stereocenters. The summed E-state index contributed by atoms with van der Waals surface area (Å²) >= 11 is 0. The molecule has 0 saturated heterocycles. The van der Waals surface area contributed by atoms with Gasteiger partial charge >= 0.3 is 0 Å². The minimum atomic E-state index is -0.231. The van der Waals surface area contributed by atoms with Crippen LogP contribution in [-0.4, -0.2) is 16.5 Å². The Bertz CT molecular complexity index is 598. The molecule has 0 fully saturated rings. The van der Waals surface area contributed by atoms with Crippen LogP contribution in [0.15, 0.2) is 24.4 Å². The zero-order valence-corrected chi connectivity index (χ0v) is 12.0. The molecule has 4 nitrogen and oxygen atoms in total. The molecule has 0 aliphatic carbocycles. The molecule has 0 aliphatic heterocycles. The van der Waals surface area contributed by atoms with Crippen molar-refractivity contribution in [1.29, 1.82) is 0 Å². The van der Waals surface area contributed by atoms with E-state index >= 15 is 0 Å². The normalized spacial score (nSPS) is 10.4. The number of hydrogen-bond donors (Lipinski definition) is 2. The number of nitrogens with zero attached hydrogens (tertiary/aromatic N) is 2. The van der Waals surface area contributed by atoms with E-state index in [1.165, 1.54) is 6.07 Å². The minimum absolute atomic E-state index is 0.231. The van der Waals surface area contributed by atoms with E-state index in [-0.39, 0.29) is 5.82 Å². The summed E-state index contributed by atoms with van der Waals surface area (Å²) in [5.74, 6) is 1.03. The van der Waals surface area contributed by atoms with Crippen molar-refractivity contribution in [1.82, 2.24) is 9.97 Å². The molecule has 0 radical (unpaired) electrons. The van der Waals surface area contributed by atoms with Gasteiger partial charge in [0.25, 0.3) is 0 Å². The average Bonchev–Trinajstić information content (AvgIpc) is 2.44. The molecule has 106 valence electrons. The van der Waals surface area contributed by atoms with Crippen molar-refractivity contribution in [2.75, 3.05) is 17.2 Å². The van der Waals surface area contributed by atoms with Crippen LogP contribution in [0.2, 0.25) is 0 Å². The highest BCUT2D eigenvalue weighted by Gasteiger charge is 2.07. The van der Waals surface area contributed by atoms with E-state index < -0.39 is 0 Å². The van der Waals surface area contributed by atoms with Crippen LogP contribution in [0.5, 0.6) is 0 Å². The van der Waals surface area contributed by atoms with Crippen LogP contribution < -0.4 is 10.6 Å². The molecule has 0 unspecified atom stereocenters.